The summed E-state index contributed by atoms with van der Waals surface area (Å²) in [6.45, 7) is 1.06. The van der Waals surface area contributed by atoms with E-state index in [4.69, 9.17) is 16.0 Å². The summed E-state index contributed by atoms with van der Waals surface area (Å²) >= 11 is 5.96. The maximum Gasteiger partial charge on any atom is 0.421 e. The van der Waals surface area contributed by atoms with Crippen molar-refractivity contribution < 1.29 is 4.42 Å². The molecule has 0 saturated carbocycles. The molecule has 0 saturated heterocycles. The molecule has 2 aromatic heterocycles. The van der Waals surface area contributed by atoms with Crippen LogP contribution in [-0.2, 0) is 13.2 Å². The minimum absolute atomic E-state index is 0.394. The molecular weight excluding hydrogens is 352 g/mol. The molecule has 0 aliphatic heterocycles. The van der Waals surface area contributed by atoms with Gasteiger partial charge in [0.05, 0.1) is 24.1 Å². The number of benzene rings is 2. The van der Waals surface area contributed by atoms with Gasteiger partial charge in [-0.3, -0.25) is 9.47 Å². The Labute approximate surface area is 154 Å². The zero-order valence-corrected chi connectivity index (χ0v) is 14.9. The van der Waals surface area contributed by atoms with E-state index in [1.54, 1.807) is 22.8 Å². The van der Waals surface area contributed by atoms with Crippen molar-refractivity contribution in [2.45, 2.75) is 13.2 Å². The highest BCUT2D eigenvalue weighted by Crippen LogP contribution is 2.19. The fourth-order valence-corrected chi connectivity index (χ4v) is 3.10. The van der Waals surface area contributed by atoms with Crippen molar-refractivity contribution in [3.8, 4) is 5.69 Å². The number of aromatic nitrogens is 3. The Hall–Kier alpha value is -2.83. The van der Waals surface area contributed by atoms with Crippen molar-refractivity contribution in [2.24, 2.45) is 0 Å². The van der Waals surface area contributed by atoms with E-state index in [9.17, 15) is 4.79 Å². The van der Waals surface area contributed by atoms with Crippen LogP contribution in [0.4, 0.5) is 0 Å². The van der Waals surface area contributed by atoms with Crippen molar-refractivity contribution in [1.82, 2.24) is 19.2 Å². The van der Waals surface area contributed by atoms with Crippen LogP contribution in [0.5, 0.6) is 0 Å². The second-order valence-electron chi connectivity index (χ2n) is 6.19. The topological polar surface area (TPSA) is 56.2 Å². The number of fused-ring (bicyclic) bond motifs is 1. The van der Waals surface area contributed by atoms with Gasteiger partial charge in [0, 0.05) is 29.4 Å². The minimum atomic E-state index is -0.394. The summed E-state index contributed by atoms with van der Waals surface area (Å²) in [5.41, 5.74) is 3.29. The third-order valence-electron chi connectivity index (χ3n) is 4.12. The summed E-state index contributed by atoms with van der Waals surface area (Å²) in [5.74, 6) is -0.394. The Kier molecular flexibility index (Phi) is 4.36. The molecule has 4 rings (SSSR count). The normalized spacial score (nSPS) is 11.5. The molecule has 0 amide bonds. The molecule has 0 bridgehead atoms. The fraction of sp³-hybridized carbons (Fsp3) is 0.158. The van der Waals surface area contributed by atoms with E-state index in [1.165, 1.54) is 0 Å². The van der Waals surface area contributed by atoms with E-state index in [-0.39, 0.29) is 0 Å². The Morgan fingerprint density at radius 1 is 1.19 bits per heavy atom. The number of halogens is 1. The Morgan fingerprint density at radius 2 is 2.00 bits per heavy atom. The van der Waals surface area contributed by atoms with E-state index in [1.807, 2.05) is 59.4 Å². The molecule has 2 heterocycles. The molecule has 132 valence electrons. The van der Waals surface area contributed by atoms with Crippen molar-refractivity contribution in [3.05, 3.63) is 82.1 Å². The average molecular weight is 369 g/mol. The molecule has 0 aliphatic carbocycles. The molecule has 7 heteroatoms. The number of nitrogens with zero attached hydrogens (tertiary/aromatic N) is 4. The molecule has 0 spiro atoms. The second-order valence-corrected chi connectivity index (χ2v) is 6.63. The minimum Gasteiger partial charge on any atom is -0.408 e. The van der Waals surface area contributed by atoms with Gasteiger partial charge >= 0.3 is 5.76 Å². The van der Waals surface area contributed by atoms with Crippen molar-refractivity contribution in [3.63, 3.8) is 0 Å². The summed E-state index contributed by atoms with van der Waals surface area (Å²) < 4.78 is 8.70. The van der Waals surface area contributed by atoms with Crippen LogP contribution in [0.25, 0.3) is 16.8 Å². The summed E-state index contributed by atoms with van der Waals surface area (Å²) in [6.07, 6.45) is 3.82. The molecule has 0 unspecified atom stereocenters. The maximum absolute atomic E-state index is 12.1. The largest absolute Gasteiger partial charge is 0.421 e. The molecular formula is C19H17ClN4O2. The molecule has 0 radical (unpaired) electrons. The third kappa shape index (κ3) is 3.29. The van der Waals surface area contributed by atoms with Crippen molar-refractivity contribution in [1.29, 1.82) is 0 Å². The number of rotatable bonds is 5. The number of para-hydroxylation sites is 1. The second kappa shape index (κ2) is 6.82. The lowest BCUT2D eigenvalue weighted by atomic mass is 10.3. The molecule has 26 heavy (non-hydrogen) atoms. The predicted molar refractivity (Wildman–Crippen MR) is 101 cm³/mol. The van der Waals surface area contributed by atoms with E-state index in [2.05, 4.69) is 5.10 Å². The number of hydrogen-bond acceptors (Lipinski definition) is 4. The van der Waals surface area contributed by atoms with Gasteiger partial charge in [0.2, 0.25) is 0 Å². The van der Waals surface area contributed by atoms with Crippen LogP contribution >= 0.6 is 11.6 Å². The first-order valence-electron chi connectivity index (χ1n) is 8.16. The first-order chi connectivity index (χ1) is 12.6. The molecule has 0 atom stereocenters. The highest BCUT2D eigenvalue weighted by molar-refractivity contribution is 6.31. The Balaban J connectivity index is 1.51. The van der Waals surface area contributed by atoms with E-state index >= 15 is 0 Å². The summed E-state index contributed by atoms with van der Waals surface area (Å²) in [6, 6.07) is 15.1. The standard InChI is InChI=1S/C19H17ClN4O2/c1-22(11-14-10-21-24(12-14)16-5-3-2-4-6-16)13-23-17-8-7-15(20)9-18(17)26-19(23)25/h2-10,12H,11,13H2,1H3. The lowest BCUT2D eigenvalue weighted by Crippen LogP contribution is -2.27. The zero-order valence-electron chi connectivity index (χ0n) is 14.2. The highest BCUT2D eigenvalue weighted by Gasteiger charge is 2.12. The summed E-state index contributed by atoms with van der Waals surface area (Å²) in [7, 11) is 1.95. The van der Waals surface area contributed by atoms with Crippen molar-refractivity contribution in [2.75, 3.05) is 7.05 Å². The SMILES string of the molecule is CN(Cc1cnn(-c2ccccc2)c1)Cn1c(=O)oc2cc(Cl)ccc21. The van der Waals surface area contributed by atoms with Crippen LogP contribution in [0.1, 0.15) is 5.56 Å². The lowest BCUT2D eigenvalue weighted by Gasteiger charge is -2.15. The van der Waals surface area contributed by atoms with Gasteiger partial charge in [-0.2, -0.15) is 5.10 Å². The smallest absolute Gasteiger partial charge is 0.408 e. The fourth-order valence-electron chi connectivity index (χ4n) is 2.94. The molecule has 0 aliphatic rings. The van der Waals surface area contributed by atoms with Gasteiger partial charge in [0.1, 0.15) is 0 Å². The van der Waals surface area contributed by atoms with Gasteiger partial charge in [-0.25, -0.2) is 9.48 Å². The van der Waals surface area contributed by atoms with Crippen LogP contribution < -0.4 is 5.76 Å². The van der Waals surface area contributed by atoms with Gasteiger partial charge in [-0.1, -0.05) is 29.8 Å². The van der Waals surface area contributed by atoms with E-state index in [0.717, 1.165) is 16.8 Å². The Bertz CT molecular complexity index is 1100. The van der Waals surface area contributed by atoms with Crippen LogP contribution in [0.2, 0.25) is 5.02 Å². The first-order valence-corrected chi connectivity index (χ1v) is 8.54. The monoisotopic (exact) mass is 368 g/mol. The van der Waals surface area contributed by atoms with Gasteiger partial charge in [-0.15, -0.1) is 0 Å². The first kappa shape index (κ1) is 16.6. The molecule has 2 aromatic carbocycles. The molecule has 0 N–H and O–H groups in total. The van der Waals surface area contributed by atoms with Crippen LogP contribution in [0.15, 0.2) is 70.1 Å². The van der Waals surface area contributed by atoms with E-state index in [0.29, 0.717) is 23.8 Å². The van der Waals surface area contributed by atoms with E-state index < -0.39 is 5.76 Å². The number of oxazole rings is 1. The van der Waals surface area contributed by atoms with Gasteiger partial charge in [0.25, 0.3) is 0 Å². The lowest BCUT2D eigenvalue weighted by molar-refractivity contribution is 0.253. The average Bonchev–Trinajstić information content (AvgIpc) is 3.20. The van der Waals surface area contributed by atoms with Gasteiger partial charge in [-0.05, 0) is 31.3 Å². The Morgan fingerprint density at radius 3 is 2.81 bits per heavy atom. The zero-order chi connectivity index (χ0) is 18.1. The molecule has 0 fully saturated rings. The van der Waals surface area contributed by atoms with Crippen LogP contribution in [0, 0.1) is 0 Å². The summed E-state index contributed by atoms with van der Waals surface area (Å²) in [4.78, 5) is 14.2. The maximum atomic E-state index is 12.1. The highest BCUT2D eigenvalue weighted by atomic mass is 35.5. The van der Waals surface area contributed by atoms with Crippen LogP contribution in [-0.4, -0.2) is 26.3 Å². The molecule has 4 aromatic rings. The van der Waals surface area contributed by atoms with Crippen LogP contribution in [0.3, 0.4) is 0 Å². The molecule has 6 nitrogen and oxygen atoms in total. The quantitative estimate of drug-likeness (QED) is 0.541. The number of hydrogen-bond donors (Lipinski definition) is 0. The van der Waals surface area contributed by atoms with Gasteiger partial charge < -0.3 is 4.42 Å². The van der Waals surface area contributed by atoms with Crippen molar-refractivity contribution >= 4 is 22.7 Å². The van der Waals surface area contributed by atoms with Gasteiger partial charge in [0.15, 0.2) is 5.58 Å². The third-order valence-corrected chi connectivity index (χ3v) is 4.36. The predicted octanol–water partition coefficient (Wildman–Crippen LogP) is 3.52. The summed E-state index contributed by atoms with van der Waals surface area (Å²) in [5, 5.41) is 4.94.